The minimum absolute atomic E-state index is 0.238. The number of fused-ring (bicyclic) bond motifs is 10. The molecule has 0 fully saturated rings. The van der Waals surface area contributed by atoms with Crippen molar-refractivity contribution in [2.75, 3.05) is 0 Å². The molecule has 2 aromatic heterocycles. The first-order chi connectivity index (χ1) is 24.9. The van der Waals surface area contributed by atoms with Gasteiger partial charge in [0.15, 0.2) is 0 Å². The third-order valence-electron chi connectivity index (χ3n) is 12.2. The lowest BCUT2D eigenvalue weighted by molar-refractivity contribution is 0.473. The normalized spacial score (nSPS) is 20.0. The number of hydrogen-bond acceptors (Lipinski definition) is 2. The molecule has 244 valence electrons. The largest absolute Gasteiger partial charge is 0.516 e. The average molecular weight is 658 g/mol. The summed E-state index contributed by atoms with van der Waals surface area (Å²) in [7, 11) is 0. The van der Waals surface area contributed by atoms with Gasteiger partial charge in [0, 0.05) is 50.0 Å². The second kappa shape index (κ2) is 10.0. The molecule has 2 atom stereocenters. The lowest BCUT2D eigenvalue weighted by atomic mass is 9.71. The fraction of sp³-hybridized carbons (Fsp3) is 0.125. The van der Waals surface area contributed by atoms with Gasteiger partial charge in [-0.1, -0.05) is 98.8 Å². The third-order valence-corrected chi connectivity index (χ3v) is 12.2. The highest BCUT2D eigenvalue weighted by Gasteiger charge is 2.41. The van der Waals surface area contributed by atoms with Gasteiger partial charge in [0.05, 0.1) is 17.3 Å². The maximum Gasteiger partial charge on any atom is 0.140 e. The molecule has 0 aliphatic heterocycles. The molecular formula is C48H35NO2. The number of furan rings is 1. The lowest BCUT2D eigenvalue weighted by Crippen LogP contribution is -2.20. The molecule has 0 radical (unpaired) electrons. The Bertz CT molecular complexity index is 2890. The number of nitrogens with zero attached hydrogens (tertiary/aromatic N) is 1. The minimum Gasteiger partial charge on any atom is -0.516 e. The molecule has 1 N–H and O–H groups in total. The van der Waals surface area contributed by atoms with E-state index in [0.29, 0.717) is 0 Å². The average Bonchev–Trinajstić information content (AvgIpc) is 3.84. The smallest absolute Gasteiger partial charge is 0.140 e. The molecule has 0 bridgehead atoms. The molecule has 0 amide bonds. The van der Waals surface area contributed by atoms with Crippen molar-refractivity contribution >= 4 is 49.3 Å². The van der Waals surface area contributed by atoms with Crippen LogP contribution in [0.15, 0.2) is 166 Å². The Morgan fingerprint density at radius 2 is 1.51 bits per heavy atom. The zero-order chi connectivity index (χ0) is 34.2. The molecule has 0 spiro atoms. The summed E-state index contributed by atoms with van der Waals surface area (Å²) in [4.78, 5) is 0. The van der Waals surface area contributed by atoms with Crippen molar-refractivity contribution in [3.63, 3.8) is 0 Å². The summed E-state index contributed by atoms with van der Waals surface area (Å²) in [6, 6.07) is 35.8. The van der Waals surface area contributed by atoms with Gasteiger partial charge >= 0.3 is 0 Å². The summed E-state index contributed by atoms with van der Waals surface area (Å²) >= 11 is 0. The Morgan fingerprint density at radius 1 is 0.725 bits per heavy atom. The van der Waals surface area contributed by atoms with Crippen LogP contribution in [0.2, 0.25) is 0 Å². The molecule has 4 aliphatic carbocycles. The van der Waals surface area contributed by atoms with E-state index in [2.05, 4.69) is 147 Å². The van der Waals surface area contributed by atoms with Crippen LogP contribution in [0.3, 0.4) is 0 Å². The van der Waals surface area contributed by atoms with Gasteiger partial charge in [-0.2, -0.15) is 0 Å². The highest BCUT2D eigenvalue weighted by atomic mass is 16.3. The van der Waals surface area contributed by atoms with Crippen LogP contribution in [0.5, 0.6) is 0 Å². The van der Waals surface area contributed by atoms with E-state index in [1.807, 2.05) is 12.1 Å². The molecule has 3 nitrogen and oxygen atoms in total. The summed E-state index contributed by atoms with van der Waals surface area (Å²) in [5.74, 6) is 0.543. The number of aromatic nitrogens is 1. The van der Waals surface area contributed by atoms with Crippen molar-refractivity contribution in [2.24, 2.45) is 11.8 Å². The van der Waals surface area contributed by atoms with E-state index in [0.717, 1.165) is 22.4 Å². The predicted octanol–water partition coefficient (Wildman–Crippen LogP) is 12.4. The first-order valence-corrected chi connectivity index (χ1v) is 17.9. The van der Waals surface area contributed by atoms with Crippen molar-refractivity contribution in [3.8, 4) is 16.8 Å². The highest BCUT2D eigenvalue weighted by Crippen LogP contribution is 2.55. The first-order valence-electron chi connectivity index (χ1n) is 17.9. The number of allylic oxidation sites excluding steroid dienone is 11. The van der Waals surface area contributed by atoms with Gasteiger partial charge in [-0.25, -0.2) is 0 Å². The second-order valence-corrected chi connectivity index (χ2v) is 15.0. The molecule has 2 heterocycles. The van der Waals surface area contributed by atoms with Crippen LogP contribution in [0.1, 0.15) is 37.5 Å². The van der Waals surface area contributed by atoms with Crippen LogP contribution in [0.25, 0.3) is 66.1 Å². The first kappa shape index (κ1) is 28.7. The molecule has 3 heteroatoms. The maximum absolute atomic E-state index is 9.62. The molecule has 0 saturated carbocycles. The molecule has 5 aromatic carbocycles. The van der Waals surface area contributed by atoms with Gasteiger partial charge < -0.3 is 14.1 Å². The highest BCUT2D eigenvalue weighted by molar-refractivity contribution is 6.13. The minimum atomic E-state index is -0.238. The van der Waals surface area contributed by atoms with E-state index in [9.17, 15) is 5.11 Å². The summed E-state index contributed by atoms with van der Waals surface area (Å²) in [6.45, 7) is 6.87. The summed E-state index contributed by atoms with van der Waals surface area (Å²) in [5.41, 5.74) is 18.1. The Hall–Kier alpha value is -6.06. The SMILES string of the molecule is CC1=C(/C=C\O)C2=CC=CC3C(c4ccc(-n5c6ccccc6c6cc7c(cc65)C(C)(C)c5c-7ccc6c5oc5ccccc56)cc4)=CC=C1C23. The molecule has 4 aliphatic rings. The zero-order valence-electron chi connectivity index (χ0n) is 28.7. The summed E-state index contributed by atoms with van der Waals surface area (Å²) < 4.78 is 9.04. The van der Waals surface area contributed by atoms with Crippen LogP contribution in [-0.2, 0) is 5.41 Å². The monoisotopic (exact) mass is 657 g/mol. The lowest BCUT2D eigenvalue weighted by Gasteiger charge is -2.32. The fourth-order valence-electron chi connectivity index (χ4n) is 9.90. The number of rotatable bonds is 3. The number of benzene rings is 5. The fourth-order valence-corrected chi connectivity index (χ4v) is 9.90. The van der Waals surface area contributed by atoms with Crippen molar-refractivity contribution in [2.45, 2.75) is 26.2 Å². The van der Waals surface area contributed by atoms with Gasteiger partial charge in [0.1, 0.15) is 11.2 Å². The quantitative estimate of drug-likeness (QED) is 0.192. The van der Waals surface area contributed by atoms with Gasteiger partial charge in [-0.15, -0.1) is 0 Å². The number of aliphatic hydroxyl groups excluding tert-OH is 1. The van der Waals surface area contributed by atoms with E-state index in [1.165, 1.54) is 89.0 Å². The maximum atomic E-state index is 9.62. The van der Waals surface area contributed by atoms with E-state index in [-0.39, 0.29) is 17.3 Å². The Morgan fingerprint density at radius 3 is 2.35 bits per heavy atom. The van der Waals surface area contributed by atoms with Crippen LogP contribution >= 0.6 is 0 Å². The van der Waals surface area contributed by atoms with Crippen LogP contribution < -0.4 is 0 Å². The van der Waals surface area contributed by atoms with Crippen LogP contribution in [0, 0.1) is 11.8 Å². The second-order valence-electron chi connectivity index (χ2n) is 15.0. The van der Waals surface area contributed by atoms with Crippen LogP contribution in [0.4, 0.5) is 0 Å². The number of para-hydroxylation sites is 2. The zero-order valence-corrected chi connectivity index (χ0v) is 28.7. The third kappa shape index (κ3) is 3.68. The van der Waals surface area contributed by atoms with Crippen molar-refractivity contribution in [1.82, 2.24) is 4.57 Å². The van der Waals surface area contributed by atoms with Crippen molar-refractivity contribution in [3.05, 3.63) is 179 Å². The number of aliphatic hydroxyl groups is 1. The van der Waals surface area contributed by atoms with Crippen molar-refractivity contribution in [1.29, 1.82) is 0 Å². The molecule has 51 heavy (non-hydrogen) atoms. The number of hydrogen-bond donors (Lipinski definition) is 1. The van der Waals surface area contributed by atoms with E-state index in [1.54, 1.807) is 0 Å². The molecule has 0 saturated heterocycles. The summed E-state index contributed by atoms with van der Waals surface area (Å²) in [6.07, 6.45) is 14.3. The Balaban J connectivity index is 1.05. The molecule has 11 rings (SSSR count). The predicted molar refractivity (Wildman–Crippen MR) is 210 cm³/mol. The van der Waals surface area contributed by atoms with E-state index >= 15 is 0 Å². The topological polar surface area (TPSA) is 38.3 Å². The standard InChI is InChI=1S/C48H35NO2/c1-27-30(23-24-50)35-11-8-12-36-32(20-19-31(27)45(35)36)28-15-17-29(18-16-28)49-42-13-6-4-9-33(42)40-25-39-37-21-22-38-34-10-5-7-14-44(34)51-47(38)46(37)48(2,3)41(39)26-43(40)49/h4-26,36,45,50H,1-3H3/b24-23-. The summed E-state index contributed by atoms with van der Waals surface area (Å²) in [5, 5.41) is 14.5. The Kier molecular flexibility index (Phi) is 5.65. The van der Waals surface area contributed by atoms with Gasteiger partial charge in [-0.05, 0) is 106 Å². The van der Waals surface area contributed by atoms with Crippen LogP contribution in [-0.4, -0.2) is 9.67 Å². The van der Waals surface area contributed by atoms with E-state index < -0.39 is 0 Å². The van der Waals surface area contributed by atoms with Crippen molar-refractivity contribution < 1.29 is 9.52 Å². The Labute approximate surface area is 296 Å². The van der Waals surface area contributed by atoms with Gasteiger partial charge in [0.2, 0.25) is 0 Å². The molecule has 7 aromatic rings. The van der Waals surface area contributed by atoms with E-state index in [4.69, 9.17) is 4.42 Å². The molecule has 2 unspecified atom stereocenters. The van der Waals surface area contributed by atoms with Gasteiger partial charge in [0.25, 0.3) is 0 Å². The van der Waals surface area contributed by atoms with Gasteiger partial charge in [-0.3, -0.25) is 0 Å². The molecular weight excluding hydrogens is 623 g/mol.